The summed E-state index contributed by atoms with van der Waals surface area (Å²) in [6, 6.07) is 0. The van der Waals surface area contributed by atoms with Crippen molar-refractivity contribution in [2.45, 2.75) is 34.1 Å². The highest BCUT2D eigenvalue weighted by Crippen LogP contribution is 2.66. The first-order valence-electron chi connectivity index (χ1n) is 7.14. The van der Waals surface area contributed by atoms with Gasteiger partial charge >= 0.3 is 13.4 Å². The number of carbonyl (C=O) groups is 2. The summed E-state index contributed by atoms with van der Waals surface area (Å²) in [7, 11) is 0. The molecule has 9 nitrogen and oxygen atoms in total. The summed E-state index contributed by atoms with van der Waals surface area (Å²) in [5.74, 6) is -1.37. The highest BCUT2D eigenvalue weighted by Gasteiger charge is 2.31. The highest BCUT2D eigenvalue weighted by atomic mass is 32.5. The van der Waals surface area contributed by atoms with Gasteiger partial charge < -0.3 is 29.6 Å². The fraction of sp³-hybridized carbons (Fsp3) is 0.818. The van der Waals surface area contributed by atoms with E-state index in [2.05, 4.69) is 11.5 Å². The molecule has 0 atom stereocenters. The van der Waals surface area contributed by atoms with Gasteiger partial charge in [0, 0.05) is 0 Å². The molecule has 0 heterocycles. The molecule has 0 aliphatic carbocycles. The van der Waals surface area contributed by atoms with Crippen LogP contribution in [0.1, 0.15) is 34.1 Å². The highest BCUT2D eigenvalue weighted by molar-refractivity contribution is 8.14. The van der Waals surface area contributed by atoms with Crippen LogP contribution in [-0.2, 0) is 55.6 Å². The molecule has 0 saturated carbocycles. The maximum Gasteiger partial charge on any atom is 0.334 e. The van der Waals surface area contributed by atoms with Gasteiger partial charge in [-0.2, -0.15) is 0 Å². The Bertz CT molecular complexity index is 419. The number of hydrogen-bond donors (Lipinski definition) is 2. The van der Waals surface area contributed by atoms with E-state index in [0.717, 1.165) is 0 Å². The third-order valence-electron chi connectivity index (χ3n) is 1.70. The maximum absolute atomic E-state index is 9.73. The number of hydrogen-bond acceptors (Lipinski definition) is 9. The minimum absolute atomic E-state index is 0.361. The summed E-state index contributed by atoms with van der Waals surface area (Å²) in [5, 5.41) is 0. The summed E-state index contributed by atoms with van der Waals surface area (Å²) >= 11 is 10.4. The second-order valence-corrected chi connectivity index (χ2v) is 9.91. The average Bonchev–Trinajstić information content (AvgIpc) is 2.37. The van der Waals surface area contributed by atoms with E-state index in [9.17, 15) is 9.59 Å². The molecular formula is C11H26N2O7P2S2. The van der Waals surface area contributed by atoms with Crippen LogP contribution in [0.4, 0.5) is 0 Å². The molecule has 0 aliphatic rings. The van der Waals surface area contributed by atoms with Crippen LogP contribution in [0.3, 0.4) is 0 Å². The van der Waals surface area contributed by atoms with Gasteiger partial charge in [-0.3, -0.25) is 9.59 Å². The smallest absolute Gasteiger partial charge is 0.334 e. The zero-order valence-electron chi connectivity index (χ0n) is 14.3. The summed E-state index contributed by atoms with van der Waals surface area (Å²) in [6.45, 7) is 3.09. The Kier molecular flexibility index (Phi) is 15.6. The van der Waals surface area contributed by atoms with Crippen LogP contribution in [0.2, 0.25) is 0 Å². The fourth-order valence-electron chi connectivity index (χ4n) is 1.10. The van der Waals surface area contributed by atoms with Crippen molar-refractivity contribution in [2.75, 3.05) is 26.4 Å². The van der Waals surface area contributed by atoms with Crippen molar-refractivity contribution < 1.29 is 32.0 Å². The molecule has 24 heavy (non-hydrogen) atoms. The molecule has 4 N–H and O–H groups in total. The molecule has 0 aromatic carbocycles. The summed E-state index contributed by atoms with van der Waals surface area (Å²) in [5.41, 5.74) is 9.11. The number of rotatable bonds is 12. The number of nitrogens with two attached hydrogens (primary N) is 2. The lowest BCUT2D eigenvalue weighted by Crippen LogP contribution is -2.21. The lowest BCUT2D eigenvalue weighted by Gasteiger charge is -2.27. The Hall–Kier alpha value is 0.0400. The summed E-state index contributed by atoms with van der Waals surface area (Å²) < 4.78 is 26.9. The van der Waals surface area contributed by atoms with Crippen molar-refractivity contribution >= 4 is 48.9 Å². The lowest BCUT2D eigenvalue weighted by atomic mass is 10.4. The average molecular weight is 424 g/mol. The Balaban J connectivity index is 0. The van der Waals surface area contributed by atoms with E-state index in [0.29, 0.717) is 26.4 Å². The molecule has 0 saturated heterocycles. The molecule has 2 amide bonds. The van der Waals surface area contributed by atoms with E-state index >= 15 is 0 Å². The Morgan fingerprint density at radius 2 is 1.00 bits per heavy atom. The summed E-state index contributed by atoms with van der Waals surface area (Å²) in [6.07, 6.45) is -0.361. The fourth-order valence-corrected chi connectivity index (χ4v) is 7.47. The first-order valence-corrected chi connectivity index (χ1v) is 12.2. The minimum Gasteiger partial charge on any atom is -0.369 e. The molecule has 0 bridgehead atoms. The predicted octanol–water partition coefficient (Wildman–Crippen LogP) is 1.95. The summed E-state index contributed by atoms with van der Waals surface area (Å²) in [4.78, 5) is 19.5. The van der Waals surface area contributed by atoms with Crippen LogP contribution in [0.15, 0.2) is 0 Å². The van der Waals surface area contributed by atoms with Gasteiger partial charge in [0.05, 0.1) is 26.4 Å². The van der Waals surface area contributed by atoms with Gasteiger partial charge in [-0.1, -0.05) is 0 Å². The van der Waals surface area contributed by atoms with Crippen LogP contribution < -0.4 is 11.5 Å². The molecule has 0 radical (unpaired) electrons. The third kappa shape index (κ3) is 14.4. The topological polar surface area (TPSA) is 132 Å². The Labute approximate surface area is 153 Å². The van der Waals surface area contributed by atoms with E-state index in [1.807, 2.05) is 27.7 Å². The quantitative estimate of drug-likeness (QED) is 0.356. The zero-order valence-corrected chi connectivity index (χ0v) is 17.7. The van der Waals surface area contributed by atoms with Crippen molar-refractivity contribution in [3.8, 4) is 0 Å². The largest absolute Gasteiger partial charge is 0.369 e. The number of amides is 2. The number of carbonyl (C=O) groups excluding carboxylic acids is 2. The van der Waals surface area contributed by atoms with Crippen molar-refractivity contribution in [2.24, 2.45) is 11.5 Å². The second-order valence-electron chi connectivity index (χ2n) is 3.76. The molecule has 0 spiro atoms. The van der Waals surface area contributed by atoms with Crippen molar-refractivity contribution in [3.63, 3.8) is 0 Å². The predicted molar refractivity (Wildman–Crippen MR) is 99.2 cm³/mol. The van der Waals surface area contributed by atoms with E-state index in [-0.39, 0.29) is 6.42 Å². The molecule has 0 aromatic heterocycles. The van der Waals surface area contributed by atoms with E-state index < -0.39 is 25.3 Å². The standard InChI is InChI=1S/C8H20O5P2S2.C3H6N2O2/c1-5-9-14(16,10-6-2)13-15(17,11-7-3)12-8-4;4-2(6)1-3(5)7/h5-8H2,1-4H3;1H2,(H2,4,6)(H2,5,7). The Morgan fingerprint density at radius 3 is 1.12 bits per heavy atom. The van der Waals surface area contributed by atoms with Gasteiger partial charge in [0.15, 0.2) is 0 Å². The van der Waals surface area contributed by atoms with Crippen molar-refractivity contribution in [3.05, 3.63) is 0 Å². The van der Waals surface area contributed by atoms with Gasteiger partial charge in [0.25, 0.3) is 0 Å². The van der Waals surface area contributed by atoms with Crippen LogP contribution in [0.25, 0.3) is 0 Å². The van der Waals surface area contributed by atoms with Crippen LogP contribution in [0, 0.1) is 0 Å². The van der Waals surface area contributed by atoms with Gasteiger partial charge in [0.1, 0.15) is 6.42 Å². The Morgan fingerprint density at radius 1 is 0.750 bits per heavy atom. The first-order chi connectivity index (χ1) is 11.1. The van der Waals surface area contributed by atoms with E-state index in [1.54, 1.807) is 0 Å². The van der Waals surface area contributed by atoms with E-state index in [1.165, 1.54) is 0 Å². The maximum atomic E-state index is 9.73. The molecule has 0 aromatic rings. The molecule has 0 fully saturated rings. The van der Waals surface area contributed by atoms with Crippen molar-refractivity contribution in [1.82, 2.24) is 0 Å². The molecule has 0 aliphatic heterocycles. The SMILES string of the molecule is CCOP(=S)(OCC)OP(=S)(OCC)OCC.NC(=O)CC(N)=O. The van der Waals surface area contributed by atoms with Gasteiger partial charge in [0.2, 0.25) is 11.8 Å². The van der Waals surface area contributed by atoms with Crippen LogP contribution >= 0.6 is 13.4 Å². The van der Waals surface area contributed by atoms with Crippen LogP contribution in [-0.4, -0.2) is 38.2 Å². The lowest BCUT2D eigenvalue weighted by molar-refractivity contribution is -0.125. The van der Waals surface area contributed by atoms with Crippen molar-refractivity contribution in [1.29, 1.82) is 0 Å². The van der Waals surface area contributed by atoms with Gasteiger partial charge in [-0.15, -0.1) is 0 Å². The second kappa shape index (κ2) is 14.2. The molecule has 144 valence electrons. The van der Waals surface area contributed by atoms with Crippen LogP contribution in [0.5, 0.6) is 0 Å². The van der Waals surface area contributed by atoms with Gasteiger partial charge in [-0.25, -0.2) is 4.31 Å². The number of primary amides is 2. The molecule has 0 unspecified atom stereocenters. The zero-order chi connectivity index (χ0) is 19.2. The molecule has 0 rings (SSSR count). The van der Waals surface area contributed by atoms with E-state index in [4.69, 9.17) is 46.0 Å². The normalized spacial score (nSPS) is 11.5. The molecular weight excluding hydrogens is 398 g/mol. The molecule has 13 heteroatoms. The minimum atomic E-state index is -2.87. The first kappa shape index (κ1) is 26.3. The van der Waals surface area contributed by atoms with Gasteiger partial charge in [-0.05, 0) is 51.3 Å². The third-order valence-corrected chi connectivity index (χ3v) is 8.06. The monoisotopic (exact) mass is 424 g/mol.